The first-order valence-electron chi connectivity index (χ1n) is 4.44. The van der Waals surface area contributed by atoms with Crippen LogP contribution < -0.4 is 0 Å². The Bertz CT molecular complexity index is 277. The van der Waals surface area contributed by atoms with Gasteiger partial charge in [-0.3, -0.25) is 9.69 Å². The van der Waals surface area contributed by atoms with E-state index in [9.17, 15) is 18.0 Å². The zero-order chi connectivity index (χ0) is 13.6. The van der Waals surface area contributed by atoms with Crippen LogP contribution in [0.1, 0.15) is 0 Å². The second-order valence-electron chi connectivity index (χ2n) is 3.30. The Balaban J connectivity index is 0.000000325. The lowest BCUT2D eigenvalue weighted by molar-refractivity contribution is -0.192. The standard InChI is InChI=1S/C6H11NO3.C2HF3O2/c1-7(2-6(8)9)5-3-10-4-5;3-2(4,5)1(6)7/h5H,2-4H2,1H3,(H,8,9);(H,6,7). The molecule has 0 amide bonds. The molecular weight excluding hydrogens is 247 g/mol. The van der Waals surface area contributed by atoms with Gasteiger partial charge in [-0.1, -0.05) is 0 Å². The molecule has 0 atom stereocenters. The van der Waals surface area contributed by atoms with Crippen LogP contribution in [0.5, 0.6) is 0 Å². The Morgan fingerprint density at radius 2 is 1.76 bits per heavy atom. The predicted octanol–water partition coefficient (Wildman–Crippen LogP) is 0.0349. The third-order valence-electron chi connectivity index (χ3n) is 1.87. The lowest BCUT2D eigenvalue weighted by Crippen LogP contribution is -2.48. The number of carboxylic acids is 2. The van der Waals surface area contributed by atoms with Gasteiger partial charge in [-0.25, -0.2) is 4.79 Å². The van der Waals surface area contributed by atoms with Crippen LogP contribution in [0.25, 0.3) is 0 Å². The van der Waals surface area contributed by atoms with Crippen LogP contribution in [0.2, 0.25) is 0 Å². The summed E-state index contributed by atoms with van der Waals surface area (Å²) in [6, 6.07) is 0.316. The zero-order valence-electron chi connectivity index (χ0n) is 8.90. The molecule has 0 aliphatic carbocycles. The molecule has 0 aromatic heterocycles. The summed E-state index contributed by atoms with van der Waals surface area (Å²) < 4.78 is 36.6. The SMILES string of the molecule is CN(CC(=O)O)C1COC1.O=C(O)C(F)(F)F. The quantitative estimate of drug-likeness (QED) is 0.743. The Hall–Kier alpha value is -1.35. The molecule has 1 heterocycles. The highest BCUT2D eigenvalue weighted by molar-refractivity contribution is 5.73. The molecule has 0 aromatic carbocycles. The monoisotopic (exact) mass is 259 g/mol. The summed E-state index contributed by atoms with van der Waals surface area (Å²) in [5.74, 6) is -3.54. The lowest BCUT2D eigenvalue weighted by atomic mass is 10.2. The normalized spacial score (nSPS) is 15.8. The van der Waals surface area contributed by atoms with Crippen LogP contribution in [0.3, 0.4) is 0 Å². The van der Waals surface area contributed by atoms with Crippen molar-refractivity contribution in [3.05, 3.63) is 0 Å². The van der Waals surface area contributed by atoms with Gasteiger partial charge in [0.2, 0.25) is 0 Å². The minimum atomic E-state index is -5.08. The van der Waals surface area contributed by atoms with Gasteiger partial charge in [0.25, 0.3) is 0 Å². The molecule has 2 N–H and O–H groups in total. The van der Waals surface area contributed by atoms with E-state index in [0.717, 1.165) is 0 Å². The second kappa shape index (κ2) is 6.40. The fourth-order valence-corrected chi connectivity index (χ4v) is 0.820. The van der Waals surface area contributed by atoms with Crippen molar-refractivity contribution in [2.24, 2.45) is 0 Å². The molecule has 1 rings (SSSR count). The fourth-order valence-electron chi connectivity index (χ4n) is 0.820. The Kier molecular flexibility index (Phi) is 5.89. The average molecular weight is 259 g/mol. The number of hydrogen-bond donors (Lipinski definition) is 2. The van der Waals surface area contributed by atoms with Crippen molar-refractivity contribution in [2.75, 3.05) is 26.8 Å². The van der Waals surface area contributed by atoms with E-state index >= 15 is 0 Å². The summed E-state index contributed by atoms with van der Waals surface area (Å²) in [5.41, 5.74) is 0. The molecule has 0 aromatic rings. The summed E-state index contributed by atoms with van der Waals surface area (Å²) in [4.78, 5) is 20.9. The van der Waals surface area contributed by atoms with Crippen molar-refractivity contribution in [3.63, 3.8) is 0 Å². The van der Waals surface area contributed by atoms with Crippen LogP contribution in [-0.2, 0) is 14.3 Å². The molecule has 1 aliphatic heterocycles. The Morgan fingerprint density at radius 1 is 1.35 bits per heavy atom. The van der Waals surface area contributed by atoms with Crippen molar-refractivity contribution in [1.82, 2.24) is 4.90 Å². The summed E-state index contributed by atoms with van der Waals surface area (Å²) in [6.45, 7) is 1.45. The first-order valence-corrected chi connectivity index (χ1v) is 4.44. The minimum Gasteiger partial charge on any atom is -0.480 e. The van der Waals surface area contributed by atoms with E-state index in [1.807, 2.05) is 0 Å². The van der Waals surface area contributed by atoms with Gasteiger partial charge in [-0.2, -0.15) is 13.2 Å². The van der Waals surface area contributed by atoms with Gasteiger partial charge in [-0.15, -0.1) is 0 Å². The topological polar surface area (TPSA) is 87.1 Å². The van der Waals surface area contributed by atoms with Crippen LogP contribution in [0.15, 0.2) is 0 Å². The first kappa shape index (κ1) is 15.7. The molecule has 0 radical (unpaired) electrons. The Morgan fingerprint density at radius 3 is 1.94 bits per heavy atom. The van der Waals surface area contributed by atoms with Gasteiger partial charge in [-0.05, 0) is 7.05 Å². The first-order chi connectivity index (χ1) is 7.64. The van der Waals surface area contributed by atoms with E-state index in [0.29, 0.717) is 19.3 Å². The molecule has 0 unspecified atom stereocenters. The highest BCUT2D eigenvalue weighted by Gasteiger charge is 2.38. The van der Waals surface area contributed by atoms with E-state index in [1.54, 1.807) is 11.9 Å². The third kappa shape index (κ3) is 6.74. The highest BCUT2D eigenvalue weighted by Crippen LogP contribution is 2.13. The van der Waals surface area contributed by atoms with E-state index in [1.165, 1.54) is 0 Å². The smallest absolute Gasteiger partial charge is 0.480 e. The van der Waals surface area contributed by atoms with Crippen molar-refractivity contribution in [1.29, 1.82) is 0 Å². The zero-order valence-corrected chi connectivity index (χ0v) is 8.90. The maximum absolute atomic E-state index is 10.6. The lowest BCUT2D eigenvalue weighted by Gasteiger charge is -2.33. The maximum atomic E-state index is 10.6. The molecule has 0 saturated carbocycles. The van der Waals surface area contributed by atoms with Gasteiger partial charge < -0.3 is 14.9 Å². The highest BCUT2D eigenvalue weighted by atomic mass is 19.4. The van der Waals surface area contributed by atoms with Gasteiger partial charge in [0.15, 0.2) is 0 Å². The summed E-state index contributed by atoms with van der Waals surface area (Å²) in [6.07, 6.45) is -5.08. The number of ether oxygens (including phenoxy) is 1. The van der Waals surface area contributed by atoms with Gasteiger partial charge >= 0.3 is 18.1 Å². The van der Waals surface area contributed by atoms with Gasteiger partial charge in [0, 0.05) is 0 Å². The summed E-state index contributed by atoms with van der Waals surface area (Å²) >= 11 is 0. The molecule has 17 heavy (non-hydrogen) atoms. The van der Waals surface area contributed by atoms with Crippen LogP contribution in [0.4, 0.5) is 13.2 Å². The Labute approximate surface area is 94.6 Å². The van der Waals surface area contributed by atoms with Crippen LogP contribution in [0, 0.1) is 0 Å². The number of likely N-dealkylation sites (N-methyl/N-ethyl adjacent to an activating group) is 1. The predicted molar refractivity (Wildman–Crippen MR) is 48.6 cm³/mol. The molecule has 100 valence electrons. The number of carbonyl (C=O) groups is 2. The number of hydrogen-bond acceptors (Lipinski definition) is 4. The molecule has 0 bridgehead atoms. The molecular formula is C8H12F3NO5. The number of carboxylic acid groups (broad SMARTS) is 2. The molecule has 1 fully saturated rings. The van der Waals surface area contributed by atoms with Crippen LogP contribution >= 0.6 is 0 Å². The maximum Gasteiger partial charge on any atom is 0.490 e. The molecule has 9 heteroatoms. The van der Waals surface area contributed by atoms with E-state index in [-0.39, 0.29) is 6.54 Å². The number of aliphatic carboxylic acids is 2. The summed E-state index contributed by atoms with van der Waals surface area (Å²) in [5, 5.41) is 15.5. The van der Waals surface area contributed by atoms with E-state index in [2.05, 4.69) is 0 Å². The van der Waals surface area contributed by atoms with Crippen molar-refractivity contribution < 1.29 is 37.7 Å². The molecule has 1 aliphatic rings. The van der Waals surface area contributed by atoms with Crippen LogP contribution in [-0.4, -0.2) is 66.1 Å². The number of nitrogens with zero attached hydrogens (tertiary/aromatic N) is 1. The molecule has 1 saturated heterocycles. The van der Waals surface area contributed by atoms with Crippen molar-refractivity contribution >= 4 is 11.9 Å². The second-order valence-corrected chi connectivity index (χ2v) is 3.30. The summed E-state index contributed by atoms with van der Waals surface area (Å²) in [7, 11) is 1.79. The largest absolute Gasteiger partial charge is 0.490 e. The number of halogens is 3. The van der Waals surface area contributed by atoms with Crippen molar-refractivity contribution in [3.8, 4) is 0 Å². The van der Waals surface area contributed by atoms with E-state index < -0.39 is 18.1 Å². The molecule has 6 nitrogen and oxygen atoms in total. The fraction of sp³-hybridized carbons (Fsp3) is 0.750. The van der Waals surface area contributed by atoms with Gasteiger partial charge in [0.1, 0.15) is 0 Å². The third-order valence-corrected chi connectivity index (χ3v) is 1.87. The molecule has 0 spiro atoms. The number of rotatable bonds is 3. The minimum absolute atomic E-state index is 0.105. The van der Waals surface area contributed by atoms with Crippen molar-refractivity contribution in [2.45, 2.75) is 12.2 Å². The number of alkyl halides is 3. The average Bonchev–Trinajstić information content (AvgIpc) is 1.96. The van der Waals surface area contributed by atoms with Gasteiger partial charge in [0.05, 0.1) is 25.8 Å². The van der Waals surface area contributed by atoms with E-state index in [4.69, 9.17) is 19.7 Å².